The number of oxazole rings is 1. The number of hydrogen-bond donors (Lipinski definition) is 0. The predicted molar refractivity (Wildman–Crippen MR) is 227 cm³/mol. The van der Waals surface area contributed by atoms with Gasteiger partial charge in [-0.3, -0.25) is 0 Å². The monoisotopic (exact) mass is 704 g/mol. The standard InChI is InChI=1S/C51H32N2O2/c1-3-12-35(13-4-1)51-52-46-32-48-45(31-49(46)55-51)50-41(20-11-21-47(50)54-48)33-22-26-38(27-23-33)53(37-15-5-2-6-16-37)39-28-24-34(25-29-39)44-30-36-14-7-8-17-40(36)42-18-9-10-19-43(42)44/h1-32H. The maximum atomic E-state index is 6.41. The van der Waals surface area contributed by atoms with Crippen molar-refractivity contribution in [3.05, 3.63) is 194 Å². The van der Waals surface area contributed by atoms with Crippen LogP contribution in [0.1, 0.15) is 0 Å². The quantitative estimate of drug-likeness (QED) is 0.162. The Kier molecular flexibility index (Phi) is 7.14. The highest BCUT2D eigenvalue weighted by atomic mass is 16.4. The van der Waals surface area contributed by atoms with Gasteiger partial charge in [0.2, 0.25) is 5.89 Å². The molecule has 0 saturated heterocycles. The Labute approximate surface area is 317 Å². The molecule has 0 atom stereocenters. The highest BCUT2D eigenvalue weighted by molar-refractivity contribution is 6.15. The van der Waals surface area contributed by atoms with Gasteiger partial charge in [-0.05, 0) is 111 Å². The number of rotatable bonds is 6. The molecule has 0 bridgehead atoms. The molecule has 258 valence electrons. The van der Waals surface area contributed by atoms with Gasteiger partial charge in [-0.2, -0.15) is 0 Å². The van der Waals surface area contributed by atoms with Crippen molar-refractivity contribution < 1.29 is 8.83 Å². The lowest BCUT2D eigenvalue weighted by atomic mass is 9.93. The van der Waals surface area contributed by atoms with Gasteiger partial charge in [0.05, 0.1) is 0 Å². The molecular weight excluding hydrogens is 673 g/mol. The molecule has 11 aromatic rings. The van der Waals surface area contributed by atoms with Gasteiger partial charge in [-0.25, -0.2) is 4.98 Å². The number of fused-ring (bicyclic) bond motifs is 7. The minimum atomic E-state index is 0.600. The van der Waals surface area contributed by atoms with Crippen LogP contribution in [0.4, 0.5) is 17.1 Å². The van der Waals surface area contributed by atoms with Crippen LogP contribution in [0.3, 0.4) is 0 Å². The minimum absolute atomic E-state index is 0.600. The summed E-state index contributed by atoms with van der Waals surface area (Å²) in [5.74, 6) is 0.600. The van der Waals surface area contributed by atoms with Crippen LogP contribution in [0.25, 0.3) is 88.3 Å². The topological polar surface area (TPSA) is 42.4 Å². The number of nitrogens with zero attached hydrogens (tertiary/aromatic N) is 2. The van der Waals surface area contributed by atoms with Gasteiger partial charge in [0.15, 0.2) is 5.58 Å². The van der Waals surface area contributed by atoms with Gasteiger partial charge in [0.25, 0.3) is 0 Å². The number of anilines is 3. The van der Waals surface area contributed by atoms with E-state index in [0.29, 0.717) is 5.89 Å². The van der Waals surface area contributed by atoms with E-state index in [4.69, 9.17) is 13.8 Å². The molecule has 0 aliphatic rings. The van der Waals surface area contributed by atoms with Crippen LogP contribution in [0.15, 0.2) is 203 Å². The van der Waals surface area contributed by atoms with Crippen LogP contribution in [0.2, 0.25) is 0 Å². The van der Waals surface area contributed by atoms with Gasteiger partial charge < -0.3 is 13.7 Å². The summed E-state index contributed by atoms with van der Waals surface area (Å²) in [6, 6.07) is 68.3. The van der Waals surface area contributed by atoms with Crippen molar-refractivity contribution in [2.24, 2.45) is 0 Å². The first-order chi connectivity index (χ1) is 27.2. The first kappa shape index (κ1) is 31.1. The third-order valence-corrected chi connectivity index (χ3v) is 10.7. The predicted octanol–water partition coefficient (Wildman–Crippen LogP) is 14.5. The maximum absolute atomic E-state index is 6.41. The third kappa shape index (κ3) is 5.26. The fourth-order valence-corrected chi connectivity index (χ4v) is 8.09. The smallest absolute Gasteiger partial charge is 0.227 e. The molecular formula is C51H32N2O2. The Bertz CT molecular complexity index is 3180. The Morgan fingerprint density at radius 1 is 0.364 bits per heavy atom. The van der Waals surface area contributed by atoms with Gasteiger partial charge in [0, 0.05) is 39.5 Å². The Balaban J connectivity index is 0.979. The molecule has 4 nitrogen and oxygen atoms in total. The van der Waals surface area contributed by atoms with E-state index in [1.807, 2.05) is 42.5 Å². The van der Waals surface area contributed by atoms with Crippen molar-refractivity contribution >= 4 is 71.6 Å². The Hall–Kier alpha value is -7.43. The third-order valence-electron chi connectivity index (χ3n) is 10.7. The van der Waals surface area contributed by atoms with Gasteiger partial charge in [0.1, 0.15) is 16.7 Å². The average molecular weight is 705 g/mol. The molecule has 2 aromatic heterocycles. The highest BCUT2D eigenvalue weighted by Crippen LogP contribution is 2.42. The largest absolute Gasteiger partial charge is 0.456 e. The van der Waals surface area contributed by atoms with E-state index in [9.17, 15) is 0 Å². The summed E-state index contributed by atoms with van der Waals surface area (Å²) in [7, 11) is 0. The highest BCUT2D eigenvalue weighted by Gasteiger charge is 2.18. The van der Waals surface area contributed by atoms with Crippen molar-refractivity contribution in [1.29, 1.82) is 0 Å². The zero-order valence-corrected chi connectivity index (χ0v) is 29.7. The second-order valence-electron chi connectivity index (χ2n) is 13.9. The second-order valence-corrected chi connectivity index (χ2v) is 13.9. The SMILES string of the molecule is c1ccc(-c2nc3cc4oc5cccc(-c6ccc(N(c7ccccc7)c7ccc(-c8cc9ccccc9c9ccccc89)cc7)cc6)c5c4cc3o2)cc1. The Morgan fingerprint density at radius 3 is 1.73 bits per heavy atom. The Morgan fingerprint density at radius 2 is 0.982 bits per heavy atom. The molecule has 0 unspecified atom stereocenters. The minimum Gasteiger partial charge on any atom is -0.456 e. The van der Waals surface area contributed by atoms with Crippen LogP contribution in [0.5, 0.6) is 0 Å². The molecule has 0 aliphatic heterocycles. The fraction of sp³-hybridized carbons (Fsp3) is 0. The van der Waals surface area contributed by atoms with Gasteiger partial charge in [-0.15, -0.1) is 0 Å². The van der Waals surface area contributed by atoms with E-state index in [1.165, 1.54) is 32.7 Å². The second kappa shape index (κ2) is 12.6. The molecule has 0 fully saturated rings. The lowest BCUT2D eigenvalue weighted by molar-refractivity contribution is 0.620. The van der Waals surface area contributed by atoms with Crippen LogP contribution in [0, 0.1) is 0 Å². The zero-order chi connectivity index (χ0) is 36.3. The van der Waals surface area contributed by atoms with E-state index in [1.54, 1.807) is 0 Å². The fourth-order valence-electron chi connectivity index (χ4n) is 8.09. The summed E-state index contributed by atoms with van der Waals surface area (Å²) < 4.78 is 12.7. The summed E-state index contributed by atoms with van der Waals surface area (Å²) in [4.78, 5) is 7.08. The summed E-state index contributed by atoms with van der Waals surface area (Å²) in [6.45, 7) is 0. The molecule has 55 heavy (non-hydrogen) atoms. The van der Waals surface area contributed by atoms with E-state index >= 15 is 0 Å². The molecule has 0 aliphatic carbocycles. The summed E-state index contributed by atoms with van der Waals surface area (Å²) >= 11 is 0. The molecule has 11 rings (SSSR count). The first-order valence-corrected chi connectivity index (χ1v) is 18.5. The van der Waals surface area contributed by atoms with Crippen LogP contribution < -0.4 is 4.90 Å². The van der Waals surface area contributed by atoms with Gasteiger partial charge >= 0.3 is 0 Å². The van der Waals surface area contributed by atoms with E-state index in [0.717, 1.165) is 66.8 Å². The molecule has 0 amide bonds. The maximum Gasteiger partial charge on any atom is 0.227 e. The summed E-state index contributed by atoms with van der Waals surface area (Å²) in [5.41, 5.74) is 11.9. The van der Waals surface area contributed by atoms with Crippen LogP contribution >= 0.6 is 0 Å². The molecule has 9 aromatic carbocycles. The molecule has 0 radical (unpaired) electrons. The zero-order valence-electron chi connectivity index (χ0n) is 29.7. The van der Waals surface area contributed by atoms with E-state index in [-0.39, 0.29) is 0 Å². The normalized spacial score (nSPS) is 11.6. The van der Waals surface area contributed by atoms with Crippen LogP contribution in [-0.4, -0.2) is 4.98 Å². The lowest BCUT2D eigenvalue weighted by Gasteiger charge is -2.26. The molecule has 0 N–H and O–H groups in total. The molecule has 4 heteroatoms. The number of furan rings is 1. The van der Waals surface area contributed by atoms with Crippen molar-refractivity contribution in [3.8, 4) is 33.7 Å². The first-order valence-electron chi connectivity index (χ1n) is 18.5. The van der Waals surface area contributed by atoms with E-state index < -0.39 is 0 Å². The van der Waals surface area contributed by atoms with E-state index in [2.05, 4.69) is 157 Å². The molecule has 2 heterocycles. The molecule has 0 saturated carbocycles. The number of para-hydroxylation sites is 1. The van der Waals surface area contributed by atoms with Crippen molar-refractivity contribution in [2.45, 2.75) is 0 Å². The molecule has 0 spiro atoms. The summed E-state index contributed by atoms with van der Waals surface area (Å²) in [6.07, 6.45) is 0. The van der Waals surface area contributed by atoms with Crippen molar-refractivity contribution in [1.82, 2.24) is 4.98 Å². The van der Waals surface area contributed by atoms with Crippen molar-refractivity contribution in [2.75, 3.05) is 4.90 Å². The number of hydrogen-bond acceptors (Lipinski definition) is 4. The van der Waals surface area contributed by atoms with Crippen molar-refractivity contribution in [3.63, 3.8) is 0 Å². The summed E-state index contributed by atoms with van der Waals surface area (Å²) in [5, 5.41) is 7.11. The van der Waals surface area contributed by atoms with Gasteiger partial charge in [-0.1, -0.05) is 121 Å². The lowest BCUT2D eigenvalue weighted by Crippen LogP contribution is -2.09. The number of benzene rings is 9. The van der Waals surface area contributed by atoms with Crippen LogP contribution in [-0.2, 0) is 0 Å². The average Bonchev–Trinajstić information content (AvgIpc) is 3.84. The number of aromatic nitrogens is 1.